The van der Waals surface area contributed by atoms with Crippen molar-refractivity contribution in [2.45, 2.75) is 24.7 Å². The van der Waals surface area contributed by atoms with Crippen LogP contribution in [0.25, 0.3) is 0 Å². The molecule has 0 radical (unpaired) electrons. The molecule has 0 aromatic heterocycles. The molecule has 1 heterocycles. The van der Waals surface area contributed by atoms with Crippen LogP contribution in [0.15, 0.2) is 48.5 Å². The van der Waals surface area contributed by atoms with Gasteiger partial charge < -0.3 is 5.11 Å². The molecule has 2 atom stereocenters. The highest BCUT2D eigenvalue weighted by Gasteiger charge is 2.67. The van der Waals surface area contributed by atoms with Crippen molar-refractivity contribution >= 4 is 11.8 Å². The number of amides is 2. The summed E-state index contributed by atoms with van der Waals surface area (Å²) in [6, 6.07) is 16.0. The Labute approximate surface area is 152 Å². The third-order valence-electron chi connectivity index (χ3n) is 6.58. The summed E-state index contributed by atoms with van der Waals surface area (Å²) >= 11 is 0. The molecule has 1 fully saturated rings. The summed E-state index contributed by atoms with van der Waals surface area (Å²) in [6.07, 6.45) is 0.744. The molecule has 6 rings (SSSR count). The summed E-state index contributed by atoms with van der Waals surface area (Å²) in [5.41, 5.74) is 3.35. The number of carbonyl (C=O) groups excluding carboxylic acids is 2. The number of carbonyl (C=O) groups is 2. The first-order valence-electron chi connectivity index (χ1n) is 9.31. The zero-order valence-electron chi connectivity index (χ0n) is 14.7. The number of aliphatic hydroxyl groups is 1. The molecule has 1 N–H and O–H groups in total. The maximum Gasteiger partial charge on any atom is 0.234 e. The van der Waals surface area contributed by atoms with Crippen molar-refractivity contribution < 1.29 is 14.7 Å². The Morgan fingerprint density at radius 3 is 2.08 bits per heavy atom. The third kappa shape index (κ3) is 1.59. The maximum absolute atomic E-state index is 13.3. The van der Waals surface area contributed by atoms with Gasteiger partial charge in [0, 0.05) is 12.5 Å². The zero-order valence-corrected chi connectivity index (χ0v) is 14.7. The van der Waals surface area contributed by atoms with Gasteiger partial charge in [0.05, 0.1) is 23.9 Å². The van der Waals surface area contributed by atoms with E-state index in [1.807, 2.05) is 43.3 Å². The fourth-order valence-corrected chi connectivity index (χ4v) is 5.70. The Morgan fingerprint density at radius 1 is 0.962 bits per heavy atom. The Hall–Kier alpha value is -2.46. The lowest BCUT2D eigenvalue weighted by atomic mass is 9.47. The first-order chi connectivity index (χ1) is 12.7. The molecule has 2 aromatic carbocycles. The lowest BCUT2D eigenvalue weighted by Crippen LogP contribution is -2.55. The highest BCUT2D eigenvalue weighted by Crippen LogP contribution is 2.63. The Balaban J connectivity index is 1.85. The van der Waals surface area contributed by atoms with Crippen LogP contribution in [0.5, 0.6) is 0 Å². The van der Waals surface area contributed by atoms with Crippen LogP contribution in [0.2, 0.25) is 0 Å². The van der Waals surface area contributed by atoms with Gasteiger partial charge in [-0.1, -0.05) is 55.5 Å². The molecule has 0 spiro atoms. The van der Waals surface area contributed by atoms with Gasteiger partial charge in [0.1, 0.15) is 0 Å². The topological polar surface area (TPSA) is 57.6 Å². The van der Waals surface area contributed by atoms with E-state index >= 15 is 0 Å². The smallest absolute Gasteiger partial charge is 0.234 e. The number of rotatable bonds is 3. The van der Waals surface area contributed by atoms with E-state index in [1.165, 1.54) is 4.90 Å². The van der Waals surface area contributed by atoms with Crippen LogP contribution in [-0.4, -0.2) is 35.0 Å². The van der Waals surface area contributed by atoms with E-state index in [2.05, 4.69) is 12.1 Å². The number of hydrogen-bond acceptors (Lipinski definition) is 3. The van der Waals surface area contributed by atoms with Crippen molar-refractivity contribution in [3.05, 3.63) is 70.8 Å². The second-order valence-corrected chi connectivity index (χ2v) is 7.61. The van der Waals surface area contributed by atoms with E-state index in [-0.39, 0.29) is 24.3 Å². The number of benzene rings is 2. The first kappa shape index (κ1) is 15.8. The number of hydrogen-bond donors (Lipinski definition) is 1. The van der Waals surface area contributed by atoms with Crippen molar-refractivity contribution in [2.24, 2.45) is 11.8 Å². The van der Waals surface area contributed by atoms with Gasteiger partial charge in [-0.05, 0) is 28.7 Å². The lowest BCUT2D eigenvalue weighted by Gasteiger charge is -2.53. The molecule has 2 aromatic rings. The van der Waals surface area contributed by atoms with Crippen LogP contribution in [0.4, 0.5) is 0 Å². The molecule has 4 nitrogen and oxygen atoms in total. The molecular weight excluding hydrogens is 326 g/mol. The number of nitrogens with zero attached hydrogens (tertiary/aromatic N) is 1. The van der Waals surface area contributed by atoms with Crippen LogP contribution in [0.3, 0.4) is 0 Å². The first-order valence-corrected chi connectivity index (χ1v) is 9.31. The van der Waals surface area contributed by atoms with E-state index in [1.54, 1.807) is 0 Å². The van der Waals surface area contributed by atoms with E-state index in [4.69, 9.17) is 0 Å². The summed E-state index contributed by atoms with van der Waals surface area (Å²) in [4.78, 5) is 28.0. The number of aliphatic hydroxyl groups excluding tert-OH is 1. The van der Waals surface area contributed by atoms with E-state index in [9.17, 15) is 14.7 Å². The minimum Gasteiger partial charge on any atom is -0.395 e. The van der Waals surface area contributed by atoms with Gasteiger partial charge >= 0.3 is 0 Å². The minimum absolute atomic E-state index is 0.0753. The number of likely N-dealkylation sites (tertiary alicyclic amines) is 1. The Kier molecular flexibility index (Phi) is 3.20. The van der Waals surface area contributed by atoms with Gasteiger partial charge in [0.15, 0.2) is 0 Å². The van der Waals surface area contributed by atoms with Gasteiger partial charge in [-0.15, -0.1) is 0 Å². The zero-order chi connectivity index (χ0) is 18.1. The molecule has 132 valence electrons. The highest BCUT2D eigenvalue weighted by molar-refractivity contribution is 6.08. The Bertz CT molecular complexity index is 887. The number of imide groups is 1. The lowest BCUT2D eigenvalue weighted by molar-refractivity contribution is -0.140. The third-order valence-corrected chi connectivity index (χ3v) is 6.58. The quantitative estimate of drug-likeness (QED) is 0.868. The fraction of sp³-hybridized carbons (Fsp3) is 0.364. The van der Waals surface area contributed by atoms with Crippen LogP contribution < -0.4 is 0 Å². The Morgan fingerprint density at radius 2 is 1.54 bits per heavy atom. The summed E-state index contributed by atoms with van der Waals surface area (Å²) in [5.74, 6) is -1.23. The largest absolute Gasteiger partial charge is 0.395 e. The molecule has 2 bridgehead atoms. The second-order valence-electron chi connectivity index (χ2n) is 7.61. The molecule has 3 aliphatic carbocycles. The van der Waals surface area contributed by atoms with Crippen LogP contribution in [0.1, 0.15) is 41.5 Å². The van der Waals surface area contributed by atoms with Gasteiger partial charge in [0.2, 0.25) is 11.8 Å². The van der Waals surface area contributed by atoms with E-state index < -0.39 is 17.3 Å². The fourth-order valence-electron chi connectivity index (χ4n) is 5.70. The maximum atomic E-state index is 13.3. The van der Waals surface area contributed by atoms with Crippen molar-refractivity contribution in [2.75, 3.05) is 13.2 Å². The monoisotopic (exact) mass is 347 g/mol. The molecule has 2 amide bonds. The van der Waals surface area contributed by atoms with Gasteiger partial charge in [-0.3, -0.25) is 14.5 Å². The van der Waals surface area contributed by atoms with Crippen molar-refractivity contribution in [1.29, 1.82) is 0 Å². The van der Waals surface area contributed by atoms with Crippen molar-refractivity contribution in [3.8, 4) is 0 Å². The normalized spacial score (nSPS) is 31.0. The van der Waals surface area contributed by atoms with Crippen LogP contribution >= 0.6 is 0 Å². The van der Waals surface area contributed by atoms with Crippen molar-refractivity contribution in [1.82, 2.24) is 4.90 Å². The van der Waals surface area contributed by atoms with Gasteiger partial charge in [-0.2, -0.15) is 0 Å². The summed E-state index contributed by atoms with van der Waals surface area (Å²) in [5, 5.41) is 10.6. The molecule has 4 aliphatic rings. The SMILES string of the molecule is CCCN1C(=O)[C@@H]2C3c4ccccc4C(CO)(c4ccccc43)[C@@H]2C1=O. The van der Waals surface area contributed by atoms with Gasteiger partial charge in [0.25, 0.3) is 0 Å². The summed E-state index contributed by atoms with van der Waals surface area (Å²) in [7, 11) is 0. The molecular formula is C22H21NO3. The predicted molar refractivity (Wildman–Crippen MR) is 96.6 cm³/mol. The minimum atomic E-state index is -0.832. The average Bonchev–Trinajstić information content (AvgIpc) is 2.94. The average molecular weight is 347 g/mol. The second kappa shape index (κ2) is 5.27. The van der Waals surface area contributed by atoms with E-state index in [0.717, 1.165) is 28.7 Å². The molecule has 1 aliphatic heterocycles. The highest BCUT2D eigenvalue weighted by atomic mass is 16.3. The molecule has 4 heteroatoms. The predicted octanol–water partition coefficient (Wildman–Crippen LogP) is 2.44. The summed E-state index contributed by atoms with van der Waals surface area (Å²) < 4.78 is 0. The molecule has 0 saturated carbocycles. The molecule has 0 unspecified atom stereocenters. The van der Waals surface area contributed by atoms with Crippen LogP contribution in [0, 0.1) is 11.8 Å². The van der Waals surface area contributed by atoms with E-state index in [0.29, 0.717) is 6.54 Å². The van der Waals surface area contributed by atoms with Gasteiger partial charge in [-0.25, -0.2) is 0 Å². The molecule has 26 heavy (non-hydrogen) atoms. The summed E-state index contributed by atoms with van der Waals surface area (Å²) in [6.45, 7) is 2.25. The molecule has 1 saturated heterocycles. The van der Waals surface area contributed by atoms with Crippen molar-refractivity contribution in [3.63, 3.8) is 0 Å². The van der Waals surface area contributed by atoms with Crippen LogP contribution in [-0.2, 0) is 15.0 Å². The standard InChI is InChI=1S/C22H21NO3/c1-2-11-23-20(25)18-17-13-7-3-5-9-15(13)22(12-24,19(18)21(23)26)16-10-6-4-8-14(16)17/h3-10,17-19,24H,2,11-12H2,1H3/t17?,18-,19+,22?/m1/s1.